The van der Waals surface area contributed by atoms with Gasteiger partial charge in [-0.15, -0.1) is 0 Å². The van der Waals surface area contributed by atoms with E-state index >= 15 is 0 Å². The van der Waals surface area contributed by atoms with Crippen LogP contribution in [0.3, 0.4) is 0 Å². The fourth-order valence-corrected chi connectivity index (χ4v) is 3.92. The lowest BCUT2D eigenvalue weighted by molar-refractivity contribution is -0.201. The predicted molar refractivity (Wildman–Crippen MR) is 71.5 cm³/mol. The number of ether oxygens (including phenoxy) is 2. The van der Waals surface area contributed by atoms with E-state index in [1.54, 1.807) is 0 Å². The molecule has 3 fully saturated rings. The van der Waals surface area contributed by atoms with E-state index in [1.165, 1.54) is 38.5 Å². The molecule has 0 amide bonds. The first kappa shape index (κ1) is 12.9. The molecule has 1 unspecified atom stereocenters. The quantitative estimate of drug-likeness (QED) is 0.841. The van der Waals surface area contributed by atoms with Crippen molar-refractivity contribution >= 4 is 0 Å². The van der Waals surface area contributed by atoms with Gasteiger partial charge >= 0.3 is 0 Å². The molecule has 1 spiro atoms. The molecule has 3 rings (SSSR count). The van der Waals surface area contributed by atoms with Gasteiger partial charge in [0.25, 0.3) is 0 Å². The lowest BCUT2D eigenvalue weighted by atomic mass is 9.74. The number of rotatable bonds is 3. The summed E-state index contributed by atoms with van der Waals surface area (Å²) in [6.45, 7) is 1.57. The van der Waals surface area contributed by atoms with Crippen LogP contribution in [0.1, 0.15) is 64.2 Å². The minimum absolute atomic E-state index is 0.00874. The maximum absolute atomic E-state index is 6.50. The molecule has 0 aromatic heterocycles. The van der Waals surface area contributed by atoms with Crippen molar-refractivity contribution < 1.29 is 9.47 Å². The van der Waals surface area contributed by atoms with Crippen molar-refractivity contribution in [1.29, 1.82) is 0 Å². The molecule has 1 saturated heterocycles. The standard InChI is InChI=1S/C15H27NO2/c16-12-15(6-2-1-3-7-15)18-13-5-10-17-14(11-13)8-4-9-14/h13H,1-12,16H2. The Kier molecular flexibility index (Phi) is 3.65. The molecule has 3 heteroatoms. The fraction of sp³-hybridized carbons (Fsp3) is 1.00. The molecule has 0 radical (unpaired) electrons. The Labute approximate surface area is 110 Å². The van der Waals surface area contributed by atoms with Crippen molar-refractivity contribution in [2.45, 2.75) is 81.5 Å². The summed E-state index contributed by atoms with van der Waals surface area (Å²) in [6.07, 6.45) is 12.6. The second kappa shape index (κ2) is 5.10. The Morgan fingerprint density at radius 2 is 1.83 bits per heavy atom. The molecule has 0 aromatic carbocycles. The van der Waals surface area contributed by atoms with Gasteiger partial charge in [0.05, 0.1) is 17.3 Å². The van der Waals surface area contributed by atoms with Gasteiger partial charge in [0.2, 0.25) is 0 Å². The van der Waals surface area contributed by atoms with E-state index in [0.717, 1.165) is 32.3 Å². The van der Waals surface area contributed by atoms with Crippen LogP contribution in [0.2, 0.25) is 0 Å². The monoisotopic (exact) mass is 253 g/mol. The van der Waals surface area contributed by atoms with Gasteiger partial charge in [-0.05, 0) is 38.5 Å². The van der Waals surface area contributed by atoms with Gasteiger partial charge in [-0.25, -0.2) is 0 Å². The third-order valence-corrected chi connectivity index (χ3v) is 5.27. The summed E-state index contributed by atoms with van der Waals surface area (Å²) in [5.74, 6) is 0. The molecular formula is C15H27NO2. The van der Waals surface area contributed by atoms with Crippen LogP contribution in [0, 0.1) is 0 Å². The van der Waals surface area contributed by atoms with Gasteiger partial charge in [0, 0.05) is 19.6 Å². The van der Waals surface area contributed by atoms with E-state index < -0.39 is 0 Å². The molecule has 2 aliphatic carbocycles. The van der Waals surface area contributed by atoms with Gasteiger partial charge in [-0.3, -0.25) is 0 Å². The summed E-state index contributed by atoms with van der Waals surface area (Å²) in [4.78, 5) is 0. The van der Waals surface area contributed by atoms with Crippen molar-refractivity contribution in [3.05, 3.63) is 0 Å². The van der Waals surface area contributed by atoms with Crippen LogP contribution >= 0.6 is 0 Å². The van der Waals surface area contributed by atoms with Crippen LogP contribution in [0.4, 0.5) is 0 Å². The molecule has 2 N–H and O–H groups in total. The SMILES string of the molecule is NCC1(OC2CCOC3(CCC3)C2)CCCCC1. The molecule has 3 aliphatic rings. The van der Waals surface area contributed by atoms with Gasteiger partial charge in [-0.2, -0.15) is 0 Å². The van der Waals surface area contributed by atoms with Crippen LogP contribution < -0.4 is 5.73 Å². The molecule has 0 bridgehead atoms. The highest BCUT2D eigenvalue weighted by Gasteiger charge is 2.45. The van der Waals surface area contributed by atoms with E-state index in [0.29, 0.717) is 12.6 Å². The Morgan fingerprint density at radius 3 is 2.44 bits per heavy atom. The van der Waals surface area contributed by atoms with Gasteiger partial charge < -0.3 is 15.2 Å². The Bertz CT molecular complexity index is 282. The summed E-state index contributed by atoms with van der Waals surface area (Å²) in [6, 6.07) is 0. The van der Waals surface area contributed by atoms with E-state index in [9.17, 15) is 0 Å². The molecule has 1 aliphatic heterocycles. The lowest BCUT2D eigenvalue weighted by Crippen LogP contribution is -2.52. The first-order valence-electron chi connectivity index (χ1n) is 7.78. The second-order valence-corrected chi connectivity index (χ2v) is 6.57. The van der Waals surface area contributed by atoms with E-state index in [2.05, 4.69) is 0 Å². The van der Waals surface area contributed by atoms with Crippen LogP contribution in [0.5, 0.6) is 0 Å². The molecule has 1 atom stereocenters. The van der Waals surface area contributed by atoms with E-state index in [1.807, 2.05) is 0 Å². The number of nitrogens with two attached hydrogens (primary N) is 1. The molecule has 3 nitrogen and oxygen atoms in total. The minimum atomic E-state index is -0.00874. The maximum atomic E-state index is 6.50. The topological polar surface area (TPSA) is 44.5 Å². The van der Waals surface area contributed by atoms with Gasteiger partial charge in [0.15, 0.2) is 0 Å². The zero-order chi connectivity index (χ0) is 12.5. The zero-order valence-corrected chi connectivity index (χ0v) is 11.5. The normalized spacial score (nSPS) is 34.2. The Balaban J connectivity index is 1.60. The first-order chi connectivity index (χ1) is 8.76. The average Bonchev–Trinajstić information content (AvgIpc) is 2.38. The largest absolute Gasteiger partial charge is 0.375 e. The van der Waals surface area contributed by atoms with Crippen molar-refractivity contribution in [3.63, 3.8) is 0 Å². The predicted octanol–water partition coefficient (Wildman–Crippen LogP) is 2.77. The Hall–Kier alpha value is -0.120. The van der Waals surface area contributed by atoms with Crippen LogP contribution in [-0.2, 0) is 9.47 Å². The summed E-state index contributed by atoms with van der Waals surface area (Å²) < 4.78 is 12.5. The van der Waals surface area contributed by atoms with Crippen molar-refractivity contribution in [2.24, 2.45) is 5.73 Å². The average molecular weight is 253 g/mol. The van der Waals surface area contributed by atoms with Gasteiger partial charge in [-0.1, -0.05) is 19.3 Å². The molecule has 0 aromatic rings. The van der Waals surface area contributed by atoms with E-state index in [4.69, 9.17) is 15.2 Å². The third-order valence-electron chi connectivity index (χ3n) is 5.27. The third kappa shape index (κ3) is 2.45. The van der Waals surface area contributed by atoms with Gasteiger partial charge in [0.1, 0.15) is 0 Å². The fourth-order valence-electron chi connectivity index (χ4n) is 3.92. The lowest BCUT2D eigenvalue weighted by Gasteiger charge is -2.49. The summed E-state index contributed by atoms with van der Waals surface area (Å²) >= 11 is 0. The van der Waals surface area contributed by atoms with Crippen molar-refractivity contribution in [3.8, 4) is 0 Å². The smallest absolute Gasteiger partial charge is 0.0807 e. The molecule has 104 valence electrons. The number of hydrogen-bond acceptors (Lipinski definition) is 3. The first-order valence-corrected chi connectivity index (χ1v) is 7.78. The number of hydrogen-bond donors (Lipinski definition) is 1. The maximum Gasteiger partial charge on any atom is 0.0807 e. The Morgan fingerprint density at radius 1 is 1.06 bits per heavy atom. The van der Waals surface area contributed by atoms with E-state index in [-0.39, 0.29) is 11.2 Å². The highest BCUT2D eigenvalue weighted by atomic mass is 16.5. The molecule has 2 saturated carbocycles. The minimum Gasteiger partial charge on any atom is -0.375 e. The van der Waals surface area contributed by atoms with Crippen molar-refractivity contribution in [1.82, 2.24) is 0 Å². The highest BCUT2D eigenvalue weighted by molar-refractivity contribution is 4.96. The van der Waals surface area contributed by atoms with Crippen LogP contribution in [0.15, 0.2) is 0 Å². The molecular weight excluding hydrogens is 226 g/mol. The molecule has 1 heterocycles. The highest BCUT2D eigenvalue weighted by Crippen LogP contribution is 2.44. The van der Waals surface area contributed by atoms with Crippen LogP contribution in [-0.4, -0.2) is 30.5 Å². The van der Waals surface area contributed by atoms with Crippen molar-refractivity contribution in [2.75, 3.05) is 13.2 Å². The summed E-state index contributed by atoms with van der Waals surface area (Å²) in [7, 11) is 0. The van der Waals surface area contributed by atoms with Crippen LogP contribution in [0.25, 0.3) is 0 Å². The zero-order valence-electron chi connectivity index (χ0n) is 11.5. The molecule has 18 heavy (non-hydrogen) atoms. The summed E-state index contributed by atoms with van der Waals surface area (Å²) in [5.41, 5.74) is 6.19. The second-order valence-electron chi connectivity index (χ2n) is 6.57. The summed E-state index contributed by atoms with van der Waals surface area (Å²) in [5, 5.41) is 0.